The van der Waals surface area contributed by atoms with Crippen molar-refractivity contribution in [2.24, 2.45) is 5.92 Å². The number of hydrogen-bond acceptors (Lipinski definition) is 7. The predicted octanol–water partition coefficient (Wildman–Crippen LogP) is 3.11. The average Bonchev–Trinajstić information content (AvgIpc) is 3.48. The number of nitrogens with zero attached hydrogens (tertiary/aromatic N) is 2. The van der Waals surface area contributed by atoms with Gasteiger partial charge in [-0.2, -0.15) is 0 Å². The molecule has 1 fully saturated rings. The number of para-hydroxylation sites is 2. The van der Waals surface area contributed by atoms with Gasteiger partial charge in [0.25, 0.3) is 5.91 Å². The fraction of sp³-hybridized carbons (Fsp3) is 0.323. The zero-order valence-corrected chi connectivity index (χ0v) is 23.5. The number of hydrogen-bond donors (Lipinski definition) is 6. The second-order valence-corrected chi connectivity index (χ2v) is 10.4. The Balaban J connectivity index is 0.000000269. The molecule has 0 bridgehead atoms. The van der Waals surface area contributed by atoms with Crippen LogP contribution in [0, 0.1) is 5.92 Å². The van der Waals surface area contributed by atoms with E-state index in [0.717, 1.165) is 35.6 Å². The smallest absolute Gasteiger partial charge is 0.354 e. The van der Waals surface area contributed by atoms with Gasteiger partial charge in [0, 0.05) is 35.8 Å². The first kappa shape index (κ1) is 31.1. The molecule has 43 heavy (non-hydrogen) atoms. The molecule has 6 N–H and O–H groups in total. The normalized spacial score (nSPS) is 14.0. The number of piperidine rings is 1. The molecule has 3 heterocycles. The number of carbonyl (C=O) groups excluding carboxylic acids is 3. The predicted molar refractivity (Wildman–Crippen MR) is 158 cm³/mol. The van der Waals surface area contributed by atoms with E-state index in [0.29, 0.717) is 36.6 Å². The number of benzene rings is 2. The summed E-state index contributed by atoms with van der Waals surface area (Å²) >= 11 is 0. The van der Waals surface area contributed by atoms with Crippen LogP contribution in [-0.4, -0.2) is 79.7 Å². The van der Waals surface area contributed by atoms with Crippen molar-refractivity contribution in [1.29, 1.82) is 0 Å². The summed E-state index contributed by atoms with van der Waals surface area (Å²) in [4.78, 5) is 55.6. The minimum absolute atomic E-state index is 0.0821. The van der Waals surface area contributed by atoms with Crippen LogP contribution in [0.4, 0.5) is 0 Å². The number of aliphatic hydroxyl groups excluding tert-OH is 1. The van der Waals surface area contributed by atoms with Crippen LogP contribution in [0.25, 0.3) is 21.8 Å². The van der Waals surface area contributed by atoms with E-state index in [4.69, 9.17) is 10.3 Å². The number of carboxylic acid groups (broad SMARTS) is 1. The number of aliphatic hydroxyl groups is 1. The molecule has 0 aliphatic carbocycles. The summed E-state index contributed by atoms with van der Waals surface area (Å²) in [5.74, 6) is -1.70. The Bertz CT molecular complexity index is 1550. The number of likely N-dealkylation sites (tertiary alicyclic amines) is 1. The Hall–Kier alpha value is -4.81. The molecule has 2 aromatic carbocycles. The van der Waals surface area contributed by atoms with E-state index in [1.54, 1.807) is 28.6 Å². The van der Waals surface area contributed by atoms with Gasteiger partial charge in [-0.15, -0.1) is 0 Å². The summed E-state index contributed by atoms with van der Waals surface area (Å²) in [5, 5.41) is 31.3. The highest BCUT2D eigenvalue weighted by molar-refractivity contribution is 6.00. The lowest BCUT2D eigenvalue weighted by molar-refractivity contribution is -0.135. The Morgan fingerprint density at radius 3 is 2.35 bits per heavy atom. The maximum Gasteiger partial charge on any atom is 0.354 e. The molecule has 1 saturated heterocycles. The largest absolute Gasteiger partial charge is 0.477 e. The molecule has 0 unspecified atom stereocenters. The Kier molecular flexibility index (Phi) is 10.8. The summed E-state index contributed by atoms with van der Waals surface area (Å²) < 4.78 is 0. The molecule has 1 aliphatic heterocycles. The van der Waals surface area contributed by atoms with Crippen LogP contribution in [0.1, 0.15) is 53.1 Å². The number of nitrogens with one attached hydrogen (secondary N) is 3. The zero-order valence-electron chi connectivity index (χ0n) is 23.5. The highest BCUT2D eigenvalue weighted by Gasteiger charge is 2.29. The lowest BCUT2D eigenvalue weighted by Gasteiger charge is -2.34. The number of aromatic carboxylic acids is 1. The molecule has 5 rings (SSSR count). The van der Waals surface area contributed by atoms with Gasteiger partial charge in [-0.05, 0) is 55.9 Å². The number of pyridine rings is 1. The van der Waals surface area contributed by atoms with Gasteiger partial charge >= 0.3 is 5.97 Å². The molecular weight excluding hydrogens is 554 g/mol. The van der Waals surface area contributed by atoms with Gasteiger partial charge in [-0.3, -0.25) is 19.6 Å². The molecule has 12 heteroatoms. The van der Waals surface area contributed by atoms with Crippen molar-refractivity contribution in [1.82, 2.24) is 25.7 Å². The lowest BCUT2D eigenvalue weighted by atomic mass is 9.91. The lowest BCUT2D eigenvalue weighted by Crippen LogP contribution is -2.52. The third-order valence-corrected chi connectivity index (χ3v) is 7.45. The van der Waals surface area contributed by atoms with Gasteiger partial charge in [0.2, 0.25) is 11.8 Å². The summed E-state index contributed by atoms with van der Waals surface area (Å²) in [7, 11) is 0. The first-order chi connectivity index (χ1) is 20.8. The van der Waals surface area contributed by atoms with Crippen LogP contribution in [-0.2, 0) is 9.59 Å². The Labute approximate surface area is 247 Å². The minimum Gasteiger partial charge on any atom is -0.477 e. The Morgan fingerprint density at radius 2 is 1.67 bits per heavy atom. The Morgan fingerprint density at radius 1 is 0.977 bits per heavy atom. The molecule has 0 saturated carbocycles. The second kappa shape index (κ2) is 14.9. The van der Waals surface area contributed by atoms with E-state index < -0.39 is 24.5 Å². The summed E-state index contributed by atoms with van der Waals surface area (Å²) in [6.45, 7) is 0.629. The number of fused-ring (bicyclic) bond motifs is 2. The monoisotopic (exact) mass is 589 g/mol. The van der Waals surface area contributed by atoms with Gasteiger partial charge in [-0.1, -0.05) is 42.5 Å². The molecule has 0 radical (unpaired) electrons. The van der Waals surface area contributed by atoms with Crippen molar-refractivity contribution in [3.05, 3.63) is 78.1 Å². The van der Waals surface area contributed by atoms with Crippen LogP contribution in [0.15, 0.2) is 66.7 Å². The van der Waals surface area contributed by atoms with Gasteiger partial charge in [0.05, 0.1) is 12.1 Å². The van der Waals surface area contributed by atoms with E-state index in [1.165, 1.54) is 6.07 Å². The number of aromatic nitrogens is 2. The fourth-order valence-electron chi connectivity index (χ4n) is 5.07. The van der Waals surface area contributed by atoms with Crippen LogP contribution in [0.5, 0.6) is 0 Å². The fourth-order valence-corrected chi connectivity index (χ4v) is 5.07. The maximum atomic E-state index is 12.8. The maximum absolute atomic E-state index is 12.8. The van der Waals surface area contributed by atoms with Crippen molar-refractivity contribution >= 4 is 45.5 Å². The standard InChI is InChI=1S/C21H28N4O5.C10H7NO2/c26-13-18(23-20(28)17-12-15-5-1-2-6-16(15)22-17)21(29)25-10-8-14(9-11-25)4-3-7-19(27)24-30;12-10(13)9-6-5-7-3-1-2-4-8(7)11-9/h1-2,5-6,12,14,18,22,26,30H,3-4,7-11,13H2,(H,23,28)(H,24,27);1-6H,(H,12,13)/t18-;/m0./s1. The van der Waals surface area contributed by atoms with Crippen LogP contribution >= 0.6 is 0 Å². The van der Waals surface area contributed by atoms with Gasteiger partial charge in [0.15, 0.2) is 0 Å². The molecule has 12 nitrogen and oxygen atoms in total. The molecule has 2 aromatic heterocycles. The van der Waals surface area contributed by atoms with Crippen molar-refractivity contribution in [3.8, 4) is 0 Å². The molecule has 4 aromatic rings. The van der Waals surface area contributed by atoms with Gasteiger partial charge in [0.1, 0.15) is 17.4 Å². The van der Waals surface area contributed by atoms with Crippen LogP contribution < -0.4 is 10.8 Å². The summed E-state index contributed by atoms with van der Waals surface area (Å²) in [5.41, 5.74) is 3.59. The molecule has 3 amide bonds. The van der Waals surface area contributed by atoms with Crippen molar-refractivity contribution in [2.75, 3.05) is 19.7 Å². The van der Waals surface area contributed by atoms with Gasteiger partial charge < -0.3 is 25.4 Å². The zero-order chi connectivity index (χ0) is 30.8. The average molecular weight is 590 g/mol. The number of H-pyrrole nitrogens is 1. The number of carboxylic acids is 1. The van der Waals surface area contributed by atoms with Crippen molar-refractivity contribution < 1.29 is 34.6 Å². The van der Waals surface area contributed by atoms with Crippen molar-refractivity contribution in [3.63, 3.8) is 0 Å². The summed E-state index contributed by atoms with van der Waals surface area (Å²) in [6.07, 6.45) is 3.43. The topological polar surface area (TPSA) is 185 Å². The molecule has 226 valence electrons. The first-order valence-corrected chi connectivity index (χ1v) is 14.1. The number of aromatic amines is 1. The van der Waals surface area contributed by atoms with Crippen molar-refractivity contribution in [2.45, 2.75) is 38.1 Å². The highest BCUT2D eigenvalue weighted by atomic mass is 16.5. The van der Waals surface area contributed by atoms with Crippen LogP contribution in [0.2, 0.25) is 0 Å². The number of rotatable bonds is 9. The van der Waals surface area contributed by atoms with E-state index >= 15 is 0 Å². The van der Waals surface area contributed by atoms with E-state index in [2.05, 4.69) is 15.3 Å². The number of amides is 3. The summed E-state index contributed by atoms with van der Waals surface area (Å²) in [6, 6.07) is 18.9. The number of carbonyl (C=O) groups is 4. The SMILES string of the molecule is O=C(CCCC1CCN(C(=O)[C@H](CO)NC(=O)c2cc3ccccc3[nH]2)CC1)NO.O=C(O)c1ccc2ccccc2n1. The first-order valence-electron chi connectivity index (χ1n) is 14.1. The highest BCUT2D eigenvalue weighted by Crippen LogP contribution is 2.23. The minimum atomic E-state index is -0.995. The quantitative estimate of drug-likeness (QED) is 0.127. The second-order valence-electron chi connectivity index (χ2n) is 10.4. The van der Waals surface area contributed by atoms with E-state index in [-0.39, 0.29) is 23.9 Å². The van der Waals surface area contributed by atoms with Crippen LogP contribution in [0.3, 0.4) is 0 Å². The third kappa shape index (κ3) is 8.37. The molecule has 1 atom stereocenters. The number of hydroxylamine groups is 1. The van der Waals surface area contributed by atoms with Gasteiger partial charge in [-0.25, -0.2) is 15.3 Å². The molecule has 0 spiro atoms. The van der Waals surface area contributed by atoms with E-state index in [9.17, 15) is 24.3 Å². The molecule has 1 aliphatic rings. The third-order valence-electron chi connectivity index (χ3n) is 7.45. The molecular formula is C31H35N5O7. The van der Waals surface area contributed by atoms with E-state index in [1.807, 2.05) is 42.5 Å².